The van der Waals surface area contributed by atoms with Crippen LogP contribution < -0.4 is 0 Å². The highest BCUT2D eigenvalue weighted by atomic mass is 32.1. The maximum atomic E-state index is 12.3. The molecule has 1 aliphatic heterocycles. The van der Waals surface area contributed by atoms with Gasteiger partial charge in [0.2, 0.25) is 6.08 Å². The quantitative estimate of drug-likeness (QED) is 0.629. The zero-order valence-electron chi connectivity index (χ0n) is 10.7. The number of amides is 1. The molecule has 1 amide bonds. The van der Waals surface area contributed by atoms with E-state index in [4.69, 9.17) is 0 Å². The maximum Gasteiger partial charge on any atom is 0.264 e. The summed E-state index contributed by atoms with van der Waals surface area (Å²) in [6.07, 6.45) is 2.37. The second-order valence-corrected chi connectivity index (χ2v) is 5.56. The first kappa shape index (κ1) is 12.8. The number of rotatable bonds is 2. The van der Waals surface area contributed by atoms with Crippen LogP contribution in [0.15, 0.2) is 40.7 Å². The lowest BCUT2D eigenvalue weighted by molar-refractivity contribution is 0.0739. The fourth-order valence-corrected chi connectivity index (χ4v) is 3.09. The molecule has 0 radical (unpaired) electrons. The summed E-state index contributed by atoms with van der Waals surface area (Å²) in [5.41, 5.74) is 2.85. The number of thiophene rings is 1. The second-order valence-electron chi connectivity index (χ2n) is 4.61. The van der Waals surface area contributed by atoms with E-state index in [-0.39, 0.29) is 5.91 Å². The Bertz CT molecular complexity index is 688. The summed E-state index contributed by atoms with van der Waals surface area (Å²) in [5.74, 6) is 0.0648. The first-order valence-electron chi connectivity index (χ1n) is 6.30. The second kappa shape index (κ2) is 5.41. The van der Waals surface area contributed by atoms with Crippen LogP contribution in [0.1, 0.15) is 20.8 Å². The van der Waals surface area contributed by atoms with Crippen molar-refractivity contribution in [1.29, 1.82) is 0 Å². The zero-order chi connectivity index (χ0) is 13.9. The molecule has 0 saturated carbocycles. The van der Waals surface area contributed by atoms with Gasteiger partial charge >= 0.3 is 0 Å². The van der Waals surface area contributed by atoms with Crippen LogP contribution in [-0.2, 0) is 17.8 Å². The highest BCUT2D eigenvalue weighted by Gasteiger charge is 2.22. The molecule has 1 aromatic carbocycles. The van der Waals surface area contributed by atoms with Gasteiger partial charge in [-0.1, -0.05) is 12.1 Å². The van der Waals surface area contributed by atoms with E-state index in [0.29, 0.717) is 12.2 Å². The number of hydrogen-bond donors (Lipinski definition) is 0. The SMILES string of the molecule is O=C=Nc1ccc2c(c1)CN(C(=O)c1cccs1)CC2. The molecule has 2 aromatic rings. The van der Waals surface area contributed by atoms with Crippen LogP contribution in [0.5, 0.6) is 0 Å². The lowest BCUT2D eigenvalue weighted by atomic mass is 9.99. The van der Waals surface area contributed by atoms with E-state index < -0.39 is 0 Å². The minimum atomic E-state index is 0.0648. The van der Waals surface area contributed by atoms with Crippen molar-refractivity contribution < 1.29 is 9.59 Å². The van der Waals surface area contributed by atoms with E-state index in [1.807, 2.05) is 34.5 Å². The Morgan fingerprint density at radius 3 is 2.95 bits per heavy atom. The summed E-state index contributed by atoms with van der Waals surface area (Å²) in [4.78, 5) is 28.9. The minimum Gasteiger partial charge on any atom is -0.333 e. The third-order valence-electron chi connectivity index (χ3n) is 3.40. The third kappa shape index (κ3) is 2.41. The monoisotopic (exact) mass is 284 g/mol. The van der Waals surface area contributed by atoms with Crippen molar-refractivity contribution >= 4 is 29.0 Å². The number of fused-ring (bicyclic) bond motifs is 1. The Morgan fingerprint density at radius 2 is 2.20 bits per heavy atom. The highest BCUT2D eigenvalue weighted by molar-refractivity contribution is 7.12. The highest BCUT2D eigenvalue weighted by Crippen LogP contribution is 2.25. The molecular weight excluding hydrogens is 272 g/mol. The average Bonchev–Trinajstić information content (AvgIpc) is 3.00. The third-order valence-corrected chi connectivity index (χ3v) is 4.25. The van der Waals surface area contributed by atoms with Crippen molar-refractivity contribution in [2.45, 2.75) is 13.0 Å². The molecule has 0 bridgehead atoms. The van der Waals surface area contributed by atoms with Crippen molar-refractivity contribution in [2.24, 2.45) is 4.99 Å². The molecule has 100 valence electrons. The van der Waals surface area contributed by atoms with Gasteiger partial charge < -0.3 is 4.90 Å². The van der Waals surface area contributed by atoms with Crippen molar-refractivity contribution in [1.82, 2.24) is 4.90 Å². The van der Waals surface area contributed by atoms with Crippen LogP contribution in [0.3, 0.4) is 0 Å². The van der Waals surface area contributed by atoms with E-state index in [2.05, 4.69) is 4.99 Å². The Hall–Kier alpha value is -2.23. The van der Waals surface area contributed by atoms with Crippen LogP contribution in [0, 0.1) is 0 Å². The summed E-state index contributed by atoms with van der Waals surface area (Å²) < 4.78 is 0. The Kier molecular flexibility index (Phi) is 3.46. The zero-order valence-corrected chi connectivity index (χ0v) is 11.5. The van der Waals surface area contributed by atoms with E-state index in [9.17, 15) is 9.59 Å². The van der Waals surface area contributed by atoms with Gasteiger partial charge in [-0.25, -0.2) is 4.79 Å². The van der Waals surface area contributed by atoms with Crippen LogP contribution >= 0.6 is 11.3 Å². The summed E-state index contributed by atoms with van der Waals surface area (Å²) >= 11 is 1.46. The van der Waals surface area contributed by atoms with Gasteiger partial charge in [0.05, 0.1) is 10.6 Å². The molecule has 0 unspecified atom stereocenters. The van der Waals surface area contributed by atoms with Gasteiger partial charge in [-0.2, -0.15) is 4.99 Å². The molecule has 20 heavy (non-hydrogen) atoms. The number of carbonyl (C=O) groups excluding carboxylic acids is 2. The van der Waals surface area contributed by atoms with Gasteiger partial charge in [0, 0.05) is 13.1 Å². The lowest BCUT2D eigenvalue weighted by Crippen LogP contribution is -2.35. The Balaban J connectivity index is 1.85. The summed E-state index contributed by atoms with van der Waals surface area (Å²) in [6, 6.07) is 9.36. The van der Waals surface area contributed by atoms with E-state index in [1.54, 1.807) is 12.1 Å². The number of nitrogens with zero attached hydrogens (tertiary/aromatic N) is 2. The molecular formula is C15H12N2O2S. The summed E-state index contributed by atoms with van der Waals surface area (Å²) in [7, 11) is 0. The van der Waals surface area contributed by atoms with Crippen LogP contribution in [0.25, 0.3) is 0 Å². The number of benzene rings is 1. The fraction of sp³-hybridized carbons (Fsp3) is 0.200. The first-order valence-corrected chi connectivity index (χ1v) is 7.18. The molecule has 1 aromatic heterocycles. The topological polar surface area (TPSA) is 49.7 Å². The number of aliphatic imine (C=N–C) groups is 1. The van der Waals surface area contributed by atoms with E-state index >= 15 is 0 Å². The number of hydrogen-bond acceptors (Lipinski definition) is 4. The van der Waals surface area contributed by atoms with Crippen molar-refractivity contribution in [3.63, 3.8) is 0 Å². The average molecular weight is 284 g/mol. The Morgan fingerprint density at radius 1 is 1.30 bits per heavy atom. The van der Waals surface area contributed by atoms with Gasteiger partial charge in [0.1, 0.15) is 0 Å². The fourth-order valence-electron chi connectivity index (χ4n) is 2.40. The van der Waals surface area contributed by atoms with Crippen LogP contribution in [0.4, 0.5) is 5.69 Å². The lowest BCUT2D eigenvalue weighted by Gasteiger charge is -2.28. The van der Waals surface area contributed by atoms with Crippen molar-refractivity contribution in [3.05, 3.63) is 51.7 Å². The molecule has 1 aliphatic rings. The smallest absolute Gasteiger partial charge is 0.264 e. The molecule has 3 rings (SSSR count). The molecule has 0 saturated heterocycles. The first-order chi connectivity index (χ1) is 9.78. The van der Waals surface area contributed by atoms with Gasteiger partial charge in [0.15, 0.2) is 0 Å². The van der Waals surface area contributed by atoms with Crippen molar-refractivity contribution in [2.75, 3.05) is 6.54 Å². The molecule has 5 heteroatoms. The predicted octanol–water partition coefficient (Wildman–Crippen LogP) is 2.91. The largest absolute Gasteiger partial charge is 0.333 e. The molecule has 0 N–H and O–H groups in total. The molecule has 0 spiro atoms. The maximum absolute atomic E-state index is 12.3. The van der Waals surface area contributed by atoms with E-state index in [0.717, 1.165) is 23.4 Å². The summed E-state index contributed by atoms with van der Waals surface area (Å²) in [5, 5.41) is 1.90. The molecule has 2 heterocycles. The Labute approximate surface area is 120 Å². The predicted molar refractivity (Wildman–Crippen MR) is 77.0 cm³/mol. The summed E-state index contributed by atoms with van der Waals surface area (Å²) in [6.45, 7) is 1.29. The molecule has 0 atom stereocenters. The minimum absolute atomic E-state index is 0.0648. The standard InChI is InChI=1S/C15H12N2O2S/c18-10-16-13-4-3-11-5-6-17(9-12(11)8-13)15(19)14-2-1-7-20-14/h1-4,7-8H,5-6,9H2. The van der Waals surface area contributed by atoms with Gasteiger partial charge in [-0.05, 0) is 41.1 Å². The van der Waals surface area contributed by atoms with E-state index in [1.165, 1.54) is 16.9 Å². The molecule has 0 aliphatic carbocycles. The normalized spacial score (nSPS) is 13.5. The van der Waals surface area contributed by atoms with Crippen LogP contribution in [-0.4, -0.2) is 23.4 Å². The molecule has 4 nitrogen and oxygen atoms in total. The van der Waals surface area contributed by atoms with Gasteiger partial charge in [-0.3, -0.25) is 4.79 Å². The number of isocyanates is 1. The van der Waals surface area contributed by atoms with Crippen LogP contribution in [0.2, 0.25) is 0 Å². The number of carbonyl (C=O) groups is 1. The van der Waals surface area contributed by atoms with Gasteiger partial charge in [-0.15, -0.1) is 11.3 Å². The van der Waals surface area contributed by atoms with Crippen molar-refractivity contribution in [3.8, 4) is 0 Å². The molecule has 0 fully saturated rings. The van der Waals surface area contributed by atoms with Gasteiger partial charge in [0.25, 0.3) is 5.91 Å².